The van der Waals surface area contributed by atoms with Gasteiger partial charge in [0.1, 0.15) is 24.6 Å². The van der Waals surface area contributed by atoms with Crippen LogP contribution in [0.4, 0.5) is 8.78 Å². The van der Waals surface area contributed by atoms with E-state index in [1.807, 2.05) is 0 Å². The molecule has 0 aliphatic carbocycles. The number of alkyl halides is 2. The van der Waals surface area contributed by atoms with Crippen LogP contribution < -0.4 is 4.74 Å². The number of benzene rings is 2. The van der Waals surface area contributed by atoms with Crippen LogP contribution in [0.1, 0.15) is 56.5 Å². The van der Waals surface area contributed by atoms with Gasteiger partial charge in [0.05, 0.1) is 10.5 Å². The highest BCUT2D eigenvalue weighted by Crippen LogP contribution is 2.41. The molecule has 1 saturated heterocycles. The molecule has 0 spiro atoms. The van der Waals surface area contributed by atoms with Crippen molar-refractivity contribution in [2.75, 3.05) is 6.61 Å². The van der Waals surface area contributed by atoms with Crippen LogP contribution >= 0.6 is 11.6 Å². The van der Waals surface area contributed by atoms with Gasteiger partial charge in [-0.2, -0.15) is 8.78 Å². The maximum atomic E-state index is 12.7. The predicted molar refractivity (Wildman–Crippen MR) is 151 cm³/mol. The van der Waals surface area contributed by atoms with Gasteiger partial charge in [0, 0.05) is 50.2 Å². The largest absolute Gasteiger partial charge is 0.463 e. The molecule has 242 valence electrons. The molecule has 2 unspecified atom stereocenters. The topological polar surface area (TPSA) is 149 Å². The van der Waals surface area contributed by atoms with Crippen LogP contribution in [-0.2, 0) is 42.9 Å². The normalized spacial score (nSPS) is 23.2. The standard InChI is InChI=1S/C30H30ClF2NO11/c1-14(35)40-13-23-26(41-15(2)36)27(42-16(3)37)28(43-17(4)38)29(45-23)34-12-20(24-21(31)6-5-7-22(24)34)25(39)18-8-10-19(11-9-18)44-30(32)33/h5-12,23,25-30,39H,13H2,1-4H3/t23-,25?,26-,27+,28-,29?/m1/s1/i1D,2D,3D,4D. The van der Waals surface area contributed by atoms with Gasteiger partial charge in [0.25, 0.3) is 0 Å². The Morgan fingerprint density at radius 1 is 0.933 bits per heavy atom. The molecule has 12 nitrogen and oxygen atoms in total. The number of esters is 4. The minimum atomic E-state index is -3.07. The number of carbonyl (C=O) groups is 4. The van der Waals surface area contributed by atoms with Crippen LogP contribution in [0.15, 0.2) is 48.7 Å². The Morgan fingerprint density at radius 3 is 2.18 bits per heavy atom. The molecule has 1 aliphatic rings. The van der Waals surface area contributed by atoms with Crippen LogP contribution in [0, 0.1) is 0 Å². The molecule has 6 atom stereocenters. The minimum Gasteiger partial charge on any atom is -0.463 e. The third-order valence-electron chi connectivity index (χ3n) is 6.65. The van der Waals surface area contributed by atoms with Crippen molar-refractivity contribution in [3.8, 4) is 5.75 Å². The molecule has 45 heavy (non-hydrogen) atoms. The van der Waals surface area contributed by atoms with E-state index in [4.69, 9.17) is 40.8 Å². The molecule has 2 heterocycles. The quantitative estimate of drug-likeness (QED) is 0.247. The van der Waals surface area contributed by atoms with E-state index in [0.717, 1.165) is 0 Å². The van der Waals surface area contributed by atoms with Crippen molar-refractivity contribution >= 4 is 46.4 Å². The summed E-state index contributed by atoms with van der Waals surface area (Å²) in [5.41, 5.74) is 0.634. The first kappa shape index (κ1) is 28.2. The van der Waals surface area contributed by atoms with E-state index in [1.54, 1.807) is 12.1 Å². The molecule has 1 fully saturated rings. The summed E-state index contributed by atoms with van der Waals surface area (Å²) in [6.07, 6.45) is -8.27. The fourth-order valence-corrected chi connectivity index (χ4v) is 5.29. The highest BCUT2D eigenvalue weighted by atomic mass is 35.5. The predicted octanol–water partition coefficient (Wildman–Crippen LogP) is 4.23. The van der Waals surface area contributed by atoms with E-state index >= 15 is 0 Å². The van der Waals surface area contributed by atoms with Gasteiger partial charge in [-0.25, -0.2) is 0 Å². The first-order valence-electron chi connectivity index (χ1n) is 15.8. The number of rotatable bonds is 10. The van der Waals surface area contributed by atoms with Gasteiger partial charge in [-0.3, -0.25) is 19.2 Å². The SMILES string of the molecule is [2H]CC(=O)OC[C@H]1OC(n2cc(C(O)c3ccc(OC(F)F)cc3)c3c(Cl)cccc32)[C@H](OC(=O)C[2H])[C@@H](OC(=O)C[2H])[C@@H]1OC(=O)C[2H]. The Balaban J connectivity index is 1.89. The van der Waals surface area contributed by atoms with Crippen LogP contribution in [0.3, 0.4) is 0 Å². The first-order valence-corrected chi connectivity index (χ1v) is 13.4. The zero-order chi connectivity index (χ0) is 35.8. The second kappa shape index (κ2) is 14.2. The van der Waals surface area contributed by atoms with Gasteiger partial charge in [0.15, 0.2) is 24.5 Å². The smallest absolute Gasteiger partial charge is 0.387 e. The Kier molecular flexibility index (Phi) is 8.92. The molecular formula is C30H30ClF2NO11. The Morgan fingerprint density at radius 2 is 1.56 bits per heavy atom. The second-order valence-corrected chi connectivity index (χ2v) is 9.99. The molecule has 0 radical (unpaired) electrons. The third kappa shape index (κ3) is 7.88. The van der Waals surface area contributed by atoms with Crippen molar-refractivity contribution in [2.24, 2.45) is 0 Å². The van der Waals surface area contributed by atoms with Crippen molar-refractivity contribution in [2.45, 2.75) is 71.0 Å². The molecule has 15 heteroatoms. The summed E-state index contributed by atoms with van der Waals surface area (Å²) in [6.45, 7) is -7.26. The molecule has 3 aromatic rings. The summed E-state index contributed by atoms with van der Waals surface area (Å²) in [5, 5.41) is 11.9. The van der Waals surface area contributed by atoms with Crippen molar-refractivity contribution < 1.29 is 67.0 Å². The van der Waals surface area contributed by atoms with Gasteiger partial charge in [0.2, 0.25) is 0 Å². The maximum Gasteiger partial charge on any atom is 0.387 e. The number of aliphatic hydroxyl groups is 1. The van der Waals surface area contributed by atoms with Gasteiger partial charge in [-0.1, -0.05) is 29.8 Å². The fraction of sp³-hybridized carbons (Fsp3) is 0.400. The van der Waals surface area contributed by atoms with E-state index < -0.39 is 101 Å². The minimum absolute atomic E-state index is 0.138. The molecular weight excluding hydrogens is 624 g/mol. The lowest BCUT2D eigenvalue weighted by molar-refractivity contribution is -0.267. The molecule has 0 saturated carbocycles. The van der Waals surface area contributed by atoms with E-state index in [2.05, 4.69) is 4.74 Å². The summed E-state index contributed by atoms with van der Waals surface area (Å²) < 4.78 is 88.5. The lowest BCUT2D eigenvalue weighted by atomic mass is 9.97. The summed E-state index contributed by atoms with van der Waals surface area (Å²) in [5.74, 6) is -4.57. The third-order valence-corrected chi connectivity index (χ3v) is 6.96. The molecule has 1 aromatic heterocycles. The van der Waals surface area contributed by atoms with Gasteiger partial charge >= 0.3 is 30.5 Å². The molecule has 2 aromatic carbocycles. The average molecular weight is 658 g/mol. The molecule has 0 bridgehead atoms. The van der Waals surface area contributed by atoms with Crippen molar-refractivity contribution in [1.29, 1.82) is 0 Å². The molecule has 0 amide bonds. The number of aliphatic hydroxyl groups excluding tert-OH is 1. The summed E-state index contributed by atoms with van der Waals surface area (Å²) in [4.78, 5) is 49.4. The van der Waals surface area contributed by atoms with E-state index in [1.165, 1.54) is 41.1 Å². The number of halogens is 3. The van der Waals surface area contributed by atoms with E-state index in [-0.39, 0.29) is 32.8 Å². The Labute approximate surface area is 266 Å². The van der Waals surface area contributed by atoms with Crippen molar-refractivity contribution in [1.82, 2.24) is 4.57 Å². The molecule has 4 rings (SSSR count). The van der Waals surface area contributed by atoms with E-state index in [9.17, 15) is 33.1 Å². The zero-order valence-corrected chi connectivity index (χ0v) is 24.1. The van der Waals surface area contributed by atoms with Crippen LogP contribution in [0.5, 0.6) is 5.75 Å². The number of nitrogens with zero attached hydrogens (tertiary/aromatic N) is 1. The van der Waals surface area contributed by atoms with E-state index in [0.29, 0.717) is 0 Å². The summed E-state index contributed by atoms with van der Waals surface area (Å²) >= 11 is 6.59. The fourth-order valence-electron chi connectivity index (χ4n) is 5.01. The number of aromatic nitrogens is 1. The van der Waals surface area contributed by atoms with Crippen molar-refractivity contribution in [3.63, 3.8) is 0 Å². The molecule has 1 N–H and O–H groups in total. The average Bonchev–Trinajstić information content (AvgIpc) is 3.49. The monoisotopic (exact) mass is 657 g/mol. The lowest BCUT2D eigenvalue weighted by Gasteiger charge is -2.44. The number of ether oxygens (including phenoxy) is 6. The van der Waals surface area contributed by atoms with Crippen molar-refractivity contribution in [3.05, 3.63) is 64.8 Å². The summed E-state index contributed by atoms with van der Waals surface area (Å²) in [6, 6.07) is 9.74. The lowest BCUT2D eigenvalue weighted by Crippen LogP contribution is -2.60. The second-order valence-electron chi connectivity index (χ2n) is 9.59. The highest BCUT2D eigenvalue weighted by molar-refractivity contribution is 6.35. The zero-order valence-electron chi connectivity index (χ0n) is 27.3. The number of hydrogen-bond acceptors (Lipinski definition) is 11. The Bertz CT molecular complexity index is 1650. The van der Waals surface area contributed by atoms with Gasteiger partial charge in [-0.05, 0) is 29.8 Å². The summed E-state index contributed by atoms with van der Waals surface area (Å²) in [7, 11) is 0. The number of fused-ring (bicyclic) bond motifs is 1. The number of carbonyl (C=O) groups excluding carboxylic acids is 4. The first-order chi connectivity index (χ1) is 23.4. The Hall–Kier alpha value is -4.27. The number of hydrogen-bond donors (Lipinski definition) is 1. The van der Waals surface area contributed by atoms with Gasteiger partial charge in [-0.15, -0.1) is 0 Å². The molecule has 1 aliphatic heterocycles. The maximum absolute atomic E-state index is 12.7. The van der Waals surface area contributed by atoms with Crippen LogP contribution in [0.25, 0.3) is 10.9 Å². The van der Waals surface area contributed by atoms with Crippen LogP contribution in [0.2, 0.25) is 5.02 Å². The van der Waals surface area contributed by atoms with Gasteiger partial charge < -0.3 is 38.1 Å². The van der Waals surface area contributed by atoms with Crippen LogP contribution in [-0.4, -0.2) is 71.2 Å². The highest BCUT2D eigenvalue weighted by Gasteiger charge is 2.53.